The maximum absolute atomic E-state index is 5.94. The lowest BCUT2D eigenvalue weighted by Gasteiger charge is -2.12. The molecule has 2 aromatic rings. The summed E-state index contributed by atoms with van der Waals surface area (Å²) in [5.41, 5.74) is 0.703. The average Bonchev–Trinajstić information content (AvgIpc) is 2.43. The van der Waals surface area contributed by atoms with Crippen LogP contribution in [-0.4, -0.2) is 16.6 Å². The van der Waals surface area contributed by atoms with Crippen molar-refractivity contribution in [1.29, 1.82) is 0 Å². The number of para-hydroxylation sites is 2. The van der Waals surface area contributed by atoms with Crippen LogP contribution in [0.25, 0.3) is 0 Å². The van der Waals surface area contributed by atoms with Gasteiger partial charge in [-0.25, -0.2) is 9.97 Å². The van der Waals surface area contributed by atoms with Gasteiger partial charge in [0.25, 0.3) is 0 Å². The number of aromatic nitrogens is 2. The summed E-state index contributed by atoms with van der Waals surface area (Å²) in [5, 5.41) is 0.386. The van der Waals surface area contributed by atoms with Gasteiger partial charge in [-0.1, -0.05) is 30.7 Å². The van der Waals surface area contributed by atoms with Crippen LogP contribution < -0.4 is 9.47 Å². The molecule has 19 heavy (non-hydrogen) atoms. The highest BCUT2D eigenvalue weighted by Gasteiger charge is 2.10. The standard InChI is InChI=1S/C14H15ClN2O2/c1-3-8-18-11-6-4-5-7-12(11)19-14-10(2)13(15)16-9-17-14/h4-7,9H,3,8H2,1-2H3. The van der Waals surface area contributed by atoms with Gasteiger partial charge < -0.3 is 9.47 Å². The second kappa shape index (κ2) is 6.38. The minimum Gasteiger partial charge on any atom is -0.490 e. The smallest absolute Gasteiger partial charge is 0.226 e. The molecule has 0 saturated carbocycles. The fraction of sp³-hybridized carbons (Fsp3) is 0.286. The molecule has 0 atom stereocenters. The molecule has 4 nitrogen and oxygen atoms in total. The first-order valence-electron chi connectivity index (χ1n) is 6.09. The number of nitrogens with zero attached hydrogens (tertiary/aromatic N) is 2. The van der Waals surface area contributed by atoms with Crippen LogP contribution in [0.5, 0.6) is 17.4 Å². The van der Waals surface area contributed by atoms with Gasteiger partial charge in [0.15, 0.2) is 11.5 Å². The van der Waals surface area contributed by atoms with Gasteiger partial charge >= 0.3 is 0 Å². The summed E-state index contributed by atoms with van der Waals surface area (Å²) in [6.45, 7) is 4.51. The van der Waals surface area contributed by atoms with Crippen molar-refractivity contribution in [1.82, 2.24) is 9.97 Å². The van der Waals surface area contributed by atoms with Gasteiger partial charge in [0.2, 0.25) is 5.88 Å². The van der Waals surface area contributed by atoms with E-state index in [1.165, 1.54) is 6.33 Å². The third kappa shape index (κ3) is 3.35. The lowest BCUT2D eigenvalue weighted by atomic mass is 10.3. The SMILES string of the molecule is CCCOc1ccccc1Oc1ncnc(Cl)c1C. The predicted molar refractivity (Wildman–Crippen MR) is 74.1 cm³/mol. The minimum absolute atomic E-state index is 0.386. The number of ether oxygens (including phenoxy) is 2. The molecule has 0 radical (unpaired) electrons. The monoisotopic (exact) mass is 278 g/mol. The second-order valence-electron chi connectivity index (χ2n) is 3.99. The second-order valence-corrected chi connectivity index (χ2v) is 4.35. The molecule has 1 heterocycles. The highest BCUT2D eigenvalue weighted by atomic mass is 35.5. The van der Waals surface area contributed by atoms with E-state index in [1.807, 2.05) is 31.2 Å². The molecular formula is C14H15ClN2O2. The van der Waals surface area contributed by atoms with E-state index in [4.69, 9.17) is 21.1 Å². The van der Waals surface area contributed by atoms with Crippen LogP contribution in [0.15, 0.2) is 30.6 Å². The molecule has 0 saturated heterocycles. The summed E-state index contributed by atoms with van der Waals surface area (Å²) >= 11 is 5.94. The number of hydrogen-bond acceptors (Lipinski definition) is 4. The van der Waals surface area contributed by atoms with E-state index in [1.54, 1.807) is 0 Å². The van der Waals surface area contributed by atoms with Crippen LogP contribution >= 0.6 is 11.6 Å². The molecule has 0 unspecified atom stereocenters. The molecule has 0 fully saturated rings. The Morgan fingerprint density at radius 3 is 2.63 bits per heavy atom. The van der Waals surface area contributed by atoms with Crippen molar-refractivity contribution < 1.29 is 9.47 Å². The molecule has 0 aliphatic carbocycles. The fourth-order valence-corrected chi connectivity index (χ4v) is 1.61. The van der Waals surface area contributed by atoms with Crippen molar-refractivity contribution in [3.8, 4) is 17.4 Å². The molecule has 2 rings (SSSR count). The molecule has 0 amide bonds. The Labute approximate surface area is 117 Å². The molecule has 0 N–H and O–H groups in total. The topological polar surface area (TPSA) is 44.2 Å². The van der Waals surface area contributed by atoms with E-state index < -0.39 is 0 Å². The average molecular weight is 279 g/mol. The van der Waals surface area contributed by atoms with Crippen molar-refractivity contribution in [3.05, 3.63) is 41.3 Å². The van der Waals surface area contributed by atoms with Gasteiger partial charge in [-0.05, 0) is 25.5 Å². The molecule has 0 aliphatic heterocycles. The third-order valence-corrected chi connectivity index (χ3v) is 2.87. The van der Waals surface area contributed by atoms with Gasteiger partial charge in [0.05, 0.1) is 6.61 Å². The number of hydrogen-bond donors (Lipinski definition) is 0. The van der Waals surface area contributed by atoms with E-state index in [0.717, 1.165) is 6.42 Å². The number of halogens is 1. The van der Waals surface area contributed by atoms with Crippen molar-refractivity contribution in [2.24, 2.45) is 0 Å². The van der Waals surface area contributed by atoms with Gasteiger partial charge in [-0.2, -0.15) is 0 Å². The Bertz CT molecular complexity index is 561. The molecule has 5 heteroatoms. The zero-order chi connectivity index (χ0) is 13.7. The normalized spacial score (nSPS) is 10.3. The Morgan fingerprint density at radius 2 is 1.89 bits per heavy atom. The molecule has 100 valence electrons. The first-order valence-corrected chi connectivity index (χ1v) is 6.47. The third-order valence-electron chi connectivity index (χ3n) is 2.49. The maximum atomic E-state index is 5.94. The molecule has 1 aromatic heterocycles. The highest BCUT2D eigenvalue weighted by Crippen LogP contribution is 2.32. The molecule has 1 aromatic carbocycles. The Hall–Kier alpha value is -1.81. The summed E-state index contributed by atoms with van der Waals surface area (Å²) in [4.78, 5) is 7.98. The quantitative estimate of drug-likeness (QED) is 0.775. The van der Waals surface area contributed by atoms with Crippen LogP contribution in [0.3, 0.4) is 0 Å². The first-order chi connectivity index (χ1) is 9.22. The predicted octanol–water partition coefficient (Wildman–Crippen LogP) is 4.02. The van der Waals surface area contributed by atoms with Gasteiger partial charge in [0.1, 0.15) is 11.5 Å². The zero-order valence-corrected chi connectivity index (χ0v) is 11.6. The lowest BCUT2D eigenvalue weighted by Crippen LogP contribution is -1.99. The Kier molecular flexibility index (Phi) is 4.58. The van der Waals surface area contributed by atoms with Crippen molar-refractivity contribution in [3.63, 3.8) is 0 Å². The van der Waals surface area contributed by atoms with Crippen LogP contribution in [0.2, 0.25) is 5.15 Å². The fourth-order valence-electron chi connectivity index (χ4n) is 1.49. The van der Waals surface area contributed by atoms with Crippen LogP contribution in [0.1, 0.15) is 18.9 Å². The van der Waals surface area contributed by atoms with Crippen molar-refractivity contribution in [2.45, 2.75) is 20.3 Å². The van der Waals surface area contributed by atoms with Crippen LogP contribution in [0, 0.1) is 6.92 Å². The van der Waals surface area contributed by atoms with Gasteiger partial charge in [-0.15, -0.1) is 0 Å². The highest BCUT2D eigenvalue weighted by molar-refractivity contribution is 6.30. The summed E-state index contributed by atoms with van der Waals surface area (Å²) in [7, 11) is 0. The number of benzene rings is 1. The summed E-state index contributed by atoms with van der Waals surface area (Å²) in [6, 6.07) is 7.48. The lowest BCUT2D eigenvalue weighted by molar-refractivity contribution is 0.300. The minimum atomic E-state index is 0.386. The van der Waals surface area contributed by atoms with E-state index in [-0.39, 0.29) is 0 Å². The summed E-state index contributed by atoms with van der Waals surface area (Å²) in [6.07, 6.45) is 2.31. The molecule has 0 spiro atoms. The molecule has 0 bridgehead atoms. The van der Waals surface area contributed by atoms with E-state index in [0.29, 0.717) is 34.7 Å². The largest absolute Gasteiger partial charge is 0.490 e. The van der Waals surface area contributed by atoms with Gasteiger partial charge in [0, 0.05) is 5.56 Å². The van der Waals surface area contributed by atoms with Gasteiger partial charge in [-0.3, -0.25) is 0 Å². The molecule has 0 aliphatic rings. The first kappa shape index (κ1) is 13.6. The van der Waals surface area contributed by atoms with E-state index in [2.05, 4.69) is 16.9 Å². The molecular weight excluding hydrogens is 264 g/mol. The van der Waals surface area contributed by atoms with Crippen LogP contribution in [0.4, 0.5) is 0 Å². The number of rotatable bonds is 5. The maximum Gasteiger partial charge on any atom is 0.226 e. The Balaban J connectivity index is 2.25. The summed E-state index contributed by atoms with van der Waals surface area (Å²) < 4.78 is 11.4. The Morgan fingerprint density at radius 1 is 1.16 bits per heavy atom. The van der Waals surface area contributed by atoms with Crippen LogP contribution in [-0.2, 0) is 0 Å². The summed E-state index contributed by atoms with van der Waals surface area (Å²) in [5.74, 6) is 1.75. The van der Waals surface area contributed by atoms with E-state index in [9.17, 15) is 0 Å². The zero-order valence-electron chi connectivity index (χ0n) is 10.9. The van der Waals surface area contributed by atoms with Crippen molar-refractivity contribution >= 4 is 11.6 Å². The van der Waals surface area contributed by atoms with Crippen molar-refractivity contribution in [2.75, 3.05) is 6.61 Å². The van der Waals surface area contributed by atoms with E-state index >= 15 is 0 Å².